The summed E-state index contributed by atoms with van der Waals surface area (Å²) in [5.74, 6) is -0.0435. The molecule has 1 aromatic rings. The van der Waals surface area contributed by atoms with Crippen molar-refractivity contribution in [2.75, 3.05) is 38.6 Å². The van der Waals surface area contributed by atoms with Crippen LogP contribution in [0.4, 0.5) is 5.69 Å². The van der Waals surface area contributed by atoms with Gasteiger partial charge in [0.1, 0.15) is 0 Å². The quantitative estimate of drug-likeness (QED) is 0.662. The van der Waals surface area contributed by atoms with Crippen molar-refractivity contribution in [2.24, 2.45) is 5.10 Å². The van der Waals surface area contributed by atoms with E-state index in [9.17, 15) is 4.79 Å². The minimum atomic E-state index is -0.0435. The summed E-state index contributed by atoms with van der Waals surface area (Å²) >= 11 is 0. The molecule has 2 rings (SSSR count). The van der Waals surface area contributed by atoms with Crippen LogP contribution in [-0.4, -0.2) is 50.8 Å². The SMILES string of the molecule is CN(C)c1ccc(/C=N\NC(=O)CN2CCCCC2)cc1. The lowest BCUT2D eigenvalue weighted by Gasteiger charge is -2.25. The number of piperidine rings is 1. The molecule has 0 aromatic heterocycles. The fourth-order valence-corrected chi connectivity index (χ4v) is 2.39. The number of hydrogen-bond acceptors (Lipinski definition) is 4. The average molecular weight is 288 g/mol. The second-order valence-corrected chi connectivity index (χ2v) is 5.62. The third-order valence-electron chi connectivity index (χ3n) is 3.63. The predicted molar refractivity (Wildman–Crippen MR) is 86.8 cm³/mol. The molecule has 1 N–H and O–H groups in total. The molecule has 1 fully saturated rings. The summed E-state index contributed by atoms with van der Waals surface area (Å²) in [6.07, 6.45) is 5.33. The maximum absolute atomic E-state index is 11.8. The fraction of sp³-hybridized carbons (Fsp3) is 0.500. The maximum atomic E-state index is 11.8. The predicted octanol–water partition coefficient (Wildman–Crippen LogP) is 1.69. The topological polar surface area (TPSA) is 47.9 Å². The Morgan fingerprint density at radius 2 is 1.90 bits per heavy atom. The Morgan fingerprint density at radius 1 is 1.24 bits per heavy atom. The van der Waals surface area contributed by atoms with Crippen LogP contribution in [-0.2, 0) is 4.79 Å². The average Bonchev–Trinajstić information content (AvgIpc) is 2.49. The number of amides is 1. The van der Waals surface area contributed by atoms with E-state index in [0.717, 1.165) is 24.3 Å². The molecule has 5 heteroatoms. The number of likely N-dealkylation sites (tertiary alicyclic amines) is 1. The second kappa shape index (κ2) is 7.78. The molecule has 1 aliphatic rings. The summed E-state index contributed by atoms with van der Waals surface area (Å²) in [5, 5.41) is 4.02. The standard InChI is InChI=1S/C16H24N4O/c1-19(2)15-8-6-14(7-9-15)12-17-18-16(21)13-20-10-4-3-5-11-20/h6-9,12H,3-5,10-11,13H2,1-2H3,(H,18,21)/b17-12-. The molecule has 1 heterocycles. The van der Waals surface area contributed by atoms with Crippen LogP contribution in [0.5, 0.6) is 0 Å². The lowest BCUT2D eigenvalue weighted by molar-refractivity contribution is -0.122. The van der Waals surface area contributed by atoms with Crippen molar-refractivity contribution < 1.29 is 4.79 Å². The second-order valence-electron chi connectivity index (χ2n) is 5.62. The van der Waals surface area contributed by atoms with E-state index in [1.54, 1.807) is 6.21 Å². The van der Waals surface area contributed by atoms with E-state index >= 15 is 0 Å². The highest BCUT2D eigenvalue weighted by Gasteiger charge is 2.12. The van der Waals surface area contributed by atoms with Gasteiger partial charge >= 0.3 is 0 Å². The summed E-state index contributed by atoms with van der Waals surface area (Å²) in [4.78, 5) is 16.0. The molecular weight excluding hydrogens is 264 g/mol. The van der Waals surface area contributed by atoms with E-state index in [2.05, 4.69) is 15.4 Å². The molecule has 0 aliphatic carbocycles. The molecule has 0 radical (unpaired) electrons. The van der Waals surface area contributed by atoms with E-state index < -0.39 is 0 Å². The fourth-order valence-electron chi connectivity index (χ4n) is 2.39. The number of rotatable bonds is 5. The third-order valence-corrected chi connectivity index (χ3v) is 3.63. The molecule has 1 aromatic carbocycles. The van der Waals surface area contributed by atoms with Crippen molar-refractivity contribution in [2.45, 2.75) is 19.3 Å². The zero-order chi connectivity index (χ0) is 15.1. The Labute approximate surface area is 126 Å². The number of carbonyl (C=O) groups is 1. The van der Waals surface area contributed by atoms with Crippen molar-refractivity contribution in [3.8, 4) is 0 Å². The first-order valence-electron chi connectivity index (χ1n) is 7.47. The highest BCUT2D eigenvalue weighted by atomic mass is 16.2. The molecule has 1 amide bonds. The van der Waals surface area contributed by atoms with Crippen LogP contribution < -0.4 is 10.3 Å². The number of anilines is 1. The zero-order valence-corrected chi connectivity index (χ0v) is 12.9. The Bertz CT molecular complexity index is 476. The van der Waals surface area contributed by atoms with Crippen LogP contribution in [0.25, 0.3) is 0 Å². The van der Waals surface area contributed by atoms with Gasteiger partial charge in [-0.2, -0.15) is 5.10 Å². The number of nitrogens with zero attached hydrogens (tertiary/aromatic N) is 3. The molecule has 0 bridgehead atoms. The van der Waals surface area contributed by atoms with Gasteiger partial charge in [0.2, 0.25) is 0 Å². The van der Waals surface area contributed by atoms with Gasteiger partial charge in [0.25, 0.3) is 5.91 Å². The van der Waals surface area contributed by atoms with Gasteiger partial charge in [-0.05, 0) is 43.6 Å². The molecule has 0 unspecified atom stereocenters. The maximum Gasteiger partial charge on any atom is 0.254 e. The van der Waals surface area contributed by atoms with Crippen molar-refractivity contribution in [3.05, 3.63) is 29.8 Å². The van der Waals surface area contributed by atoms with Crippen LogP contribution in [0.15, 0.2) is 29.4 Å². The van der Waals surface area contributed by atoms with E-state index in [0.29, 0.717) is 6.54 Å². The summed E-state index contributed by atoms with van der Waals surface area (Å²) in [6.45, 7) is 2.48. The van der Waals surface area contributed by atoms with Gasteiger partial charge < -0.3 is 4.90 Å². The number of nitrogens with one attached hydrogen (secondary N) is 1. The third kappa shape index (κ3) is 5.19. The van der Waals surface area contributed by atoms with Crippen molar-refractivity contribution in [1.29, 1.82) is 0 Å². The van der Waals surface area contributed by atoms with E-state index in [-0.39, 0.29) is 5.91 Å². The Hall–Kier alpha value is -1.88. The van der Waals surface area contributed by atoms with E-state index in [1.807, 2.05) is 43.3 Å². The first kappa shape index (κ1) is 15.5. The Balaban J connectivity index is 1.77. The molecule has 0 spiro atoms. The Morgan fingerprint density at radius 3 is 2.52 bits per heavy atom. The van der Waals surface area contributed by atoms with E-state index in [4.69, 9.17) is 0 Å². The van der Waals surface area contributed by atoms with Crippen LogP contribution in [0, 0.1) is 0 Å². The number of hydrazone groups is 1. The van der Waals surface area contributed by atoms with Gasteiger partial charge in [0.05, 0.1) is 12.8 Å². The van der Waals surface area contributed by atoms with E-state index in [1.165, 1.54) is 19.3 Å². The van der Waals surface area contributed by atoms with Gasteiger partial charge in [-0.1, -0.05) is 18.6 Å². The van der Waals surface area contributed by atoms with Crippen LogP contribution in [0.2, 0.25) is 0 Å². The van der Waals surface area contributed by atoms with Gasteiger partial charge in [-0.25, -0.2) is 5.43 Å². The summed E-state index contributed by atoms with van der Waals surface area (Å²) < 4.78 is 0. The molecule has 21 heavy (non-hydrogen) atoms. The van der Waals surface area contributed by atoms with Gasteiger partial charge in [0.15, 0.2) is 0 Å². The first-order valence-corrected chi connectivity index (χ1v) is 7.47. The lowest BCUT2D eigenvalue weighted by atomic mass is 10.1. The van der Waals surface area contributed by atoms with Gasteiger partial charge in [-0.15, -0.1) is 0 Å². The molecule has 0 saturated carbocycles. The highest BCUT2D eigenvalue weighted by Crippen LogP contribution is 2.11. The van der Waals surface area contributed by atoms with Crippen LogP contribution >= 0.6 is 0 Å². The number of hydrogen-bond donors (Lipinski definition) is 1. The van der Waals surface area contributed by atoms with Crippen molar-refractivity contribution >= 4 is 17.8 Å². The monoisotopic (exact) mass is 288 g/mol. The molecule has 114 valence electrons. The smallest absolute Gasteiger partial charge is 0.254 e. The molecule has 5 nitrogen and oxygen atoms in total. The normalized spacial score (nSPS) is 16.1. The first-order chi connectivity index (χ1) is 10.1. The minimum Gasteiger partial charge on any atom is -0.378 e. The summed E-state index contributed by atoms with van der Waals surface area (Å²) in [7, 11) is 4.01. The number of carbonyl (C=O) groups excluding carboxylic acids is 1. The Kier molecular flexibility index (Phi) is 5.75. The number of benzene rings is 1. The molecule has 0 atom stereocenters. The van der Waals surface area contributed by atoms with Crippen LogP contribution in [0.1, 0.15) is 24.8 Å². The molecule has 1 saturated heterocycles. The zero-order valence-electron chi connectivity index (χ0n) is 12.9. The van der Waals surface area contributed by atoms with Crippen LogP contribution in [0.3, 0.4) is 0 Å². The van der Waals surface area contributed by atoms with Gasteiger partial charge in [-0.3, -0.25) is 9.69 Å². The van der Waals surface area contributed by atoms with Crippen molar-refractivity contribution in [3.63, 3.8) is 0 Å². The largest absolute Gasteiger partial charge is 0.378 e. The highest BCUT2D eigenvalue weighted by molar-refractivity contribution is 5.83. The molecule has 1 aliphatic heterocycles. The summed E-state index contributed by atoms with van der Waals surface area (Å²) in [5.41, 5.74) is 4.71. The minimum absolute atomic E-state index is 0.0435. The van der Waals surface area contributed by atoms with Crippen molar-refractivity contribution in [1.82, 2.24) is 10.3 Å². The molecular formula is C16H24N4O. The lowest BCUT2D eigenvalue weighted by Crippen LogP contribution is -2.38. The van der Waals surface area contributed by atoms with Gasteiger partial charge in [0, 0.05) is 19.8 Å². The summed E-state index contributed by atoms with van der Waals surface area (Å²) in [6, 6.07) is 8.01.